The molecule has 1 amide bonds. The summed E-state index contributed by atoms with van der Waals surface area (Å²) in [4.78, 5) is 18.2. The number of rotatable bonds is 5. The maximum Gasteiger partial charge on any atom is 0.252 e. The molecule has 7 heteroatoms. The van der Waals surface area contributed by atoms with Crippen LogP contribution in [0, 0.1) is 12.7 Å². The predicted octanol–water partition coefficient (Wildman–Crippen LogP) is 2.27. The highest BCUT2D eigenvalue weighted by Crippen LogP contribution is 2.17. The van der Waals surface area contributed by atoms with Crippen LogP contribution in [0.25, 0.3) is 0 Å². The van der Waals surface area contributed by atoms with Crippen molar-refractivity contribution in [3.63, 3.8) is 0 Å². The van der Waals surface area contributed by atoms with Crippen LogP contribution in [0.3, 0.4) is 0 Å². The lowest BCUT2D eigenvalue weighted by molar-refractivity contribution is -0.133. The molecule has 1 aromatic carbocycles. The van der Waals surface area contributed by atoms with Crippen molar-refractivity contribution in [2.45, 2.75) is 38.9 Å². The van der Waals surface area contributed by atoms with Gasteiger partial charge >= 0.3 is 0 Å². The van der Waals surface area contributed by atoms with E-state index in [2.05, 4.69) is 10.1 Å². The Balaban J connectivity index is 1.44. The van der Waals surface area contributed by atoms with E-state index in [1.807, 2.05) is 0 Å². The molecule has 0 radical (unpaired) electrons. The van der Waals surface area contributed by atoms with Gasteiger partial charge in [-0.3, -0.25) is 4.79 Å². The minimum atomic E-state index is -0.334. The molecule has 0 N–H and O–H groups in total. The molecule has 6 nitrogen and oxygen atoms in total. The van der Waals surface area contributed by atoms with E-state index in [1.54, 1.807) is 30.0 Å². The summed E-state index contributed by atoms with van der Waals surface area (Å²) >= 11 is 0. The molecular formula is C17H20FN3O3. The monoisotopic (exact) mass is 333 g/mol. The van der Waals surface area contributed by atoms with Gasteiger partial charge in [-0.2, -0.15) is 4.98 Å². The van der Waals surface area contributed by atoms with Crippen molar-refractivity contribution < 1.29 is 18.4 Å². The van der Waals surface area contributed by atoms with Crippen molar-refractivity contribution in [1.29, 1.82) is 0 Å². The first-order valence-electron chi connectivity index (χ1n) is 8.04. The molecule has 1 fully saturated rings. The molecule has 0 spiro atoms. The summed E-state index contributed by atoms with van der Waals surface area (Å²) in [5, 5.41) is 3.71. The summed E-state index contributed by atoms with van der Waals surface area (Å²) in [6.45, 7) is 3.27. The lowest BCUT2D eigenvalue weighted by Crippen LogP contribution is -2.41. The van der Waals surface area contributed by atoms with Crippen LogP contribution >= 0.6 is 0 Å². The molecule has 24 heavy (non-hydrogen) atoms. The van der Waals surface area contributed by atoms with Crippen LogP contribution in [0.4, 0.5) is 4.39 Å². The van der Waals surface area contributed by atoms with Crippen LogP contribution in [-0.2, 0) is 22.6 Å². The molecule has 1 aromatic heterocycles. The summed E-state index contributed by atoms with van der Waals surface area (Å²) in [6.07, 6.45) is 1.65. The molecule has 1 aliphatic heterocycles. The Hall–Kier alpha value is -2.28. The van der Waals surface area contributed by atoms with Crippen LogP contribution in [0.2, 0.25) is 0 Å². The van der Waals surface area contributed by atoms with Gasteiger partial charge < -0.3 is 14.2 Å². The van der Waals surface area contributed by atoms with E-state index in [4.69, 9.17) is 9.26 Å². The number of halogens is 1. The van der Waals surface area contributed by atoms with Gasteiger partial charge in [-0.15, -0.1) is 0 Å². The van der Waals surface area contributed by atoms with Crippen molar-refractivity contribution in [2.75, 3.05) is 13.1 Å². The van der Waals surface area contributed by atoms with Gasteiger partial charge in [-0.05, 0) is 31.4 Å². The second kappa shape index (κ2) is 7.53. The van der Waals surface area contributed by atoms with Crippen molar-refractivity contribution in [3.05, 3.63) is 47.4 Å². The Bertz CT molecular complexity index is 696. The number of hydrogen-bond donors (Lipinski definition) is 0. The van der Waals surface area contributed by atoms with Crippen LogP contribution in [-0.4, -0.2) is 40.1 Å². The molecule has 2 aromatic rings. The highest BCUT2D eigenvalue weighted by molar-refractivity contribution is 5.78. The Labute approximate surface area is 139 Å². The van der Waals surface area contributed by atoms with Crippen LogP contribution in [0.1, 0.15) is 30.1 Å². The first kappa shape index (κ1) is 16.6. The molecule has 1 aliphatic rings. The predicted molar refractivity (Wildman–Crippen MR) is 83.5 cm³/mol. The number of amides is 1. The fourth-order valence-electron chi connectivity index (χ4n) is 2.78. The zero-order chi connectivity index (χ0) is 16.9. The van der Waals surface area contributed by atoms with E-state index in [0.29, 0.717) is 30.4 Å². The topological polar surface area (TPSA) is 68.5 Å². The number of piperidine rings is 1. The molecule has 0 aliphatic carbocycles. The maximum atomic E-state index is 13.6. The number of aromatic nitrogens is 2. The molecule has 0 saturated carbocycles. The number of aryl methyl sites for hydroxylation is 1. The smallest absolute Gasteiger partial charge is 0.252 e. The Morgan fingerprint density at radius 1 is 1.38 bits per heavy atom. The molecule has 0 atom stereocenters. The zero-order valence-electron chi connectivity index (χ0n) is 13.6. The van der Waals surface area contributed by atoms with Crippen molar-refractivity contribution in [2.24, 2.45) is 0 Å². The standard InChI is InChI=1S/C17H20FN3O3/c1-12-19-16(24-20-12)11-23-14-6-8-21(9-7-14)17(22)10-13-4-2-3-5-15(13)18/h2-5,14H,6-11H2,1H3. The van der Waals surface area contributed by atoms with E-state index in [0.717, 1.165) is 12.8 Å². The van der Waals surface area contributed by atoms with Crippen LogP contribution in [0.5, 0.6) is 0 Å². The number of nitrogens with zero attached hydrogens (tertiary/aromatic N) is 3. The van der Waals surface area contributed by atoms with Crippen molar-refractivity contribution in [1.82, 2.24) is 15.0 Å². The number of carbonyl (C=O) groups excluding carboxylic acids is 1. The summed E-state index contributed by atoms with van der Waals surface area (Å²) in [7, 11) is 0. The fraction of sp³-hybridized carbons (Fsp3) is 0.471. The van der Waals surface area contributed by atoms with E-state index < -0.39 is 0 Å². The van der Waals surface area contributed by atoms with E-state index in [-0.39, 0.29) is 30.9 Å². The first-order valence-corrected chi connectivity index (χ1v) is 8.04. The SMILES string of the molecule is Cc1noc(COC2CCN(C(=O)Cc3ccccc3F)CC2)n1. The average Bonchev–Trinajstić information content (AvgIpc) is 3.01. The molecule has 3 rings (SSSR count). The summed E-state index contributed by atoms with van der Waals surface area (Å²) in [5.41, 5.74) is 0.438. The van der Waals surface area contributed by atoms with E-state index in [1.165, 1.54) is 6.07 Å². The quantitative estimate of drug-likeness (QED) is 0.839. The summed E-state index contributed by atoms with van der Waals surface area (Å²) in [6, 6.07) is 6.39. The number of carbonyl (C=O) groups is 1. The Kier molecular flexibility index (Phi) is 5.20. The Morgan fingerprint density at radius 3 is 2.79 bits per heavy atom. The number of benzene rings is 1. The van der Waals surface area contributed by atoms with Crippen LogP contribution in [0.15, 0.2) is 28.8 Å². The average molecular weight is 333 g/mol. The number of hydrogen-bond acceptors (Lipinski definition) is 5. The lowest BCUT2D eigenvalue weighted by atomic mass is 10.1. The van der Waals surface area contributed by atoms with Gasteiger partial charge in [0.15, 0.2) is 5.82 Å². The van der Waals surface area contributed by atoms with Gasteiger partial charge in [0, 0.05) is 13.1 Å². The molecule has 2 heterocycles. The van der Waals surface area contributed by atoms with Gasteiger partial charge in [0.2, 0.25) is 5.91 Å². The molecule has 0 unspecified atom stereocenters. The minimum Gasteiger partial charge on any atom is -0.368 e. The second-order valence-corrected chi connectivity index (χ2v) is 5.89. The molecule has 128 valence electrons. The highest BCUT2D eigenvalue weighted by atomic mass is 19.1. The van der Waals surface area contributed by atoms with Gasteiger partial charge in [-0.25, -0.2) is 4.39 Å². The van der Waals surface area contributed by atoms with Gasteiger partial charge in [0.1, 0.15) is 12.4 Å². The lowest BCUT2D eigenvalue weighted by Gasteiger charge is -2.31. The van der Waals surface area contributed by atoms with Crippen LogP contribution < -0.4 is 0 Å². The third-order valence-corrected chi connectivity index (χ3v) is 4.11. The first-order chi connectivity index (χ1) is 11.6. The second-order valence-electron chi connectivity index (χ2n) is 5.89. The molecular weight excluding hydrogens is 313 g/mol. The van der Waals surface area contributed by atoms with Gasteiger partial charge in [0.05, 0.1) is 12.5 Å². The molecule has 0 bridgehead atoms. The normalized spacial score (nSPS) is 15.7. The fourth-order valence-corrected chi connectivity index (χ4v) is 2.78. The van der Waals surface area contributed by atoms with Gasteiger partial charge in [-0.1, -0.05) is 23.4 Å². The van der Waals surface area contributed by atoms with Crippen molar-refractivity contribution >= 4 is 5.91 Å². The maximum absolute atomic E-state index is 13.6. The van der Waals surface area contributed by atoms with E-state index in [9.17, 15) is 9.18 Å². The number of likely N-dealkylation sites (tertiary alicyclic amines) is 1. The minimum absolute atomic E-state index is 0.0499. The van der Waals surface area contributed by atoms with E-state index >= 15 is 0 Å². The third-order valence-electron chi connectivity index (χ3n) is 4.11. The Morgan fingerprint density at radius 2 is 2.12 bits per heavy atom. The third kappa shape index (κ3) is 4.17. The highest BCUT2D eigenvalue weighted by Gasteiger charge is 2.24. The van der Waals surface area contributed by atoms with Crippen molar-refractivity contribution in [3.8, 4) is 0 Å². The summed E-state index contributed by atoms with van der Waals surface area (Å²) in [5.74, 6) is 0.665. The molecule has 1 saturated heterocycles. The van der Waals surface area contributed by atoms with Gasteiger partial charge in [0.25, 0.3) is 5.89 Å². The zero-order valence-corrected chi connectivity index (χ0v) is 13.6. The largest absolute Gasteiger partial charge is 0.368 e. The summed E-state index contributed by atoms with van der Waals surface area (Å²) < 4.78 is 24.4. The number of ether oxygens (including phenoxy) is 1.